The fraction of sp³-hybridized carbons (Fsp3) is 0.529. The van der Waals surface area contributed by atoms with Crippen LogP contribution in [0.2, 0.25) is 0 Å². The van der Waals surface area contributed by atoms with Crippen LogP contribution in [0.25, 0.3) is 0 Å². The van der Waals surface area contributed by atoms with Crippen molar-refractivity contribution in [3.63, 3.8) is 0 Å². The molecule has 6 heteroatoms. The van der Waals surface area contributed by atoms with E-state index in [9.17, 15) is 4.79 Å². The van der Waals surface area contributed by atoms with Gasteiger partial charge in [-0.15, -0.1) is 0 Å². The van der Waals surface area contributed by atoms with E-state index in [1.807, 2.05) is 30.3 Å². The van der Waals surface area contributed by atoms with Gasteiger partial charge < -0.3 is 20.7 Å². The van der Waals surface area contributed by atoms with Crippen molar-refractivity contribution in [3.05, 3.63) is 35.9 Å². The van der Waals surface area contributed by atoms with E-state index in [0.717, 1.165) is 31.6 Å². The maximum absolute atomic E-state index is 11.8. The molecule has 0 radical (unpaired) electrons. The minimum Gasteiger partial charge on any atom is -0.376 e. The Balaban J connectivity index is 1.57. The third-order valence-electron chi connectivity index (χ3n) is 3.72. The molecule has 6 nitrogen and oxygen atoms in total. The van der Waals surface area contributed by atoms with Crippen molar-refractivity contribution in [1.29, 1.82) is 0 Å². The van der Waals surface area contributed by atoms with E-state index in [1.165, 1.54) is 0 Å². The molecule has 1 atom stereocenters. The Bertz CT molecular complexity index is 499. The van der Waals surface area contributed by atoms with Gasteiger partial charge >= 0.3 is 0 Å². The number of hydrogen-bond acceptors (Lipinski definition) is 3. The molecule has 23 heavy (non-hydrogen) atoms. The van der Waals surface area contributed by atoms with Crippen LogP contribution in [-0.2, 0) is 16.1 Å². The van der Waals surface area contributed by atoms with Crippen LogP contribution >= 0.6 is 0 Å². The fourth-order valence-electron chi connectivity index (χ4n) is 2.42. The number of benzene rings is 1. The van der Waals surface area contributed by atoms with Gasteiger partial charge in [0.1, 0.15) is 0 Å². The Morgan fingerprint density at radius 3 is 2.78 bits per heavy atom. The number of carbonyl (C=O) groups excluding carboxylic acids is 1. The van der Waals surface area contributed by atoms with Gasteiger partial charge in [0.05, 0.1) is 6.10 Å². The van der Waals surface area contributed by atoms with Gasteiger partial charge in [-0.1, -0.05) is 30.3 Å². The summed E-state index contributed by atoms with van der Waals surface area (Å²) < 4.78 is 5.56. The molecule has 1 heterocycles. The van der Waals surface area contributed by atoms with E-state index < -0.39 is 0 Å². The molecule has 0 spiro atoms. The van der Waals surface area contributed by atoms with E-state index >= 15 is 0 Å². The zero-order chi connectivity index (χ0) is 16.3. The Kier molecular flexibility index (Phi) is 7.39. The van der Waals surface area contributed by atoms with Crippen LogP contribution in [0, 0.1) is 0 Å². The van der Waals surface area contributed by atoms with Gasteiger partial charge in [0.25, 0.3) is 0 Å². The number of hydrogen-bond donors (Lipinski definition) is 3. The summed E-state index contributed by atoms with van der Waals surface area (Å²) in [5, 5.41) is 9.28. The fourth-order valence-corrected chi connectivity index (χ4v) is 2.42. The van der Waals surface area contributed by atoms with Gasteiger partial charge in [-0.05, 0) is 18.4 Å². The molecule has 1 aliphatic rings. The summed E-state index contributed by atoms with van der Waals surface area (Å²) in [4.78, 5) is 16.0. The molecule has 3 N–H and O–H groups in total. The van der Waals surface area contributed by atoms with Crippen molar-refractivity contribution in [2.75, 3.05) is 26.7 Å². The molecule has 0 aliphatic carbocycles. The number of nitrogens with zero attached hydrogens (tertiary/aromatic N) is 1. The third kappa shape index (κ3) is 6.69. The van der Waals surface area contributed by atoms with Crippen molar-refractivity contribution >= 4 is 11.9 Å². The summed E-state index contributed by atoms with van der Waals surface area (Å²) in [5.74, 6) is 0.729. The van der Waals surface area contributed by atoms with E-state index in [0.29, 0.717) is 25.5 Å². The molecule has 1 aromatic rings. The van der Waals surface area contributed by atoms with Gasteiger partial charge in [-0.25, -0.2) is 0 Å². The minimum absolute atomic E-state index is 0.0240. The lowest BCUT2D eigenvalue weighted by atomic mass is 10.2. The molecule has 126 valence electrons. The molecule has 1 fully saturated rings. The summed E-state index contributed by atoms with van der Waals surface area (Å²) >= 11 is 0. The molecular formula is C17H26N4O2. The minimum atomic E-state index is 0.0240. The van der Waals surface area contributed by atoms with Gasteiger partial charge in [-0.3, -0.25) is 9.79 Å². The predicted molar refractivity (Wildman–Crippen MR) is 91.2 cm³/mol. The quantitative estimate of drug-likeness (QED) is 0.519. The summed E-state index contributed by atoms with van der Waals surface area (Å²) in [6, 6.07) is 9.88. The van der Waals surface area contributed by atoms with Gasteiger partial charge in [-0.2, -0.15) is 0 Å². The highest BCUT2D eigenvalue weighted by Crippen LogP contribution is 2.10. The van der Waals surface area contributed by atoms with Crippen LogP contribution in [0.15, 0.2) is 35.3 Å². The average molecular weight is 318 g/mol. The lowest BCUT2D eigenvalue weighted by molar-refractivity contribution is -0.121. The zero-order valence-corrected chi connectivity index (χ0v) is 13.7. The lowest BCUT2D eigenvalue weighted by Crippen LogP contribution is -2.42. The molecule has 0 bridgehead atoms. The molecule has 1 saturated heterocycles. The highest BCUT2D eigenvalue weighted by Gasteiger charge is 2.15. The first-order chi connectivity index (χ1) is 11.3. The van der Waals surface area contributed by atoms with E-state index in [-0.39, 0.29) is 12.0 Å². The number of ether oxygens (including phenoxy) is 1. The topological polar surface area (TPSA) is 74.8 Å². The average Bonchev–Trinajstić information content (AvgIpc) is 3.10. The van der Waals surface area contributed by atoms with Crippen LogP contribution in [0.5, 0.6) is 0 Å². The molecule has 1 aliphatic heterocycles. The summed E-state index contributed by atoms with van der Waals surface area (Å²) in [7, 11) is 1.72. The van der Waals surface area contributed by atoms with E-state index in [2.05, 4.69) is 20.9 Å². The molecule has 0 aromatic heterocycles. The number of guanidine groups is 1. The van der Waals surface area contributed by atoms with Crippen molar-refractivity contribution in [2.45, 2.75) is 31.9 Å². The Morgan fingerprint density at radius 1 is 1.26 bits per heavy atom. The van der Waals surface area contributed by atoms with E-state index in [1.54, 1.807) is 7.05 Å². The predicted octanol–water partition coefficient (Wildman–Crippen LogP) is 1.04. The smallest absolute Gasteiger partial charge is 0.222 e. The van der Waals surface area contributed by atoms with Crippen LogP contribution in [0.1, 0.15) is 24.8 Å². The van der Waals surface area contributed by atoms with Crippen molar-refractivity contribution in [3.8, 4) is 0 Å². The van der Waals surface area contributed by atoms with Crippen molar-refractivity contribution in [2.24, 2.45) is 4.99 Å². The van der Waals surface area contributed by atoms with Crippen molar-refractivity contribution in [1.82, 2.24) is 16.0 Å². The van der Waals surface area contributed by atoms with Gasteiger partial charge in [0.2, 0.25) is 5.91 Å². The third-order valence-corrected chi connectivity index (χ3v) is 3.72. The molecular weight excluding hydrogens is 292 g/mol. The second-order valence-corrected chi connectivity index (χ2v) is 5.53. The summed E-state index contributed by atoms with van der Waals surface area (Å²) in [6.07, 6.45) is 2.89. The standard InChI is InChI=1S/C17H26N4O2/c1-18-17(21-13-15-8-5-11-23-15)19-10-9-16(22)20-12-14-6-3-2-4-7-14/h2-4,6-7,15H,5,8-13H2,1H3,(H,20,22)(H2,18,19,21). The normalized spacial score (nSPS) is 17.8. The molecule has 2 rings (SSSR count). The number of aliphatic imine (C=N–C) groups is 1. The highest BCUT2D eigenvalue weighted by molar-refractivity contribution is 5.81. The van der Waals surface area contributed by atoms with Gasteiger partial charge in [0.15, 0.2) is 5.96 Å². The van der Waals surface area contributed by atoms with Crippen molar-refractivity contribution < 1.29 is 9.53 Å². The summed E-state index contributed by atoms with van der Waals surface area (Å²) in [6.45, 7) is 2.71. The second kappa shape index (κ2) is 9.84. The number of rotatable bonds is 7. The Morgan fingerprint density at radius 2 is 2.09 bits per heavy atom. The molecule has 1 aromatic carbocycles. The summed E-state index contributed by atoms with van der Waals surface area (Å²) in [5.41, 5.74) is 1.10. The maximum atomic E-state index is 11.8. The van der Waals surface area contributed by atoms with Gasteiger partial charge in [0, 0.05) is 39.7 Å². The van der Waals surface area contributed by atoms with Crippen LogP contribution in [-0.4, -0.2) is 44.7 Å². The zero-order valence-electron chi connectivity index (χ0n) is 13.7. The van der Waals surface area contributed by atoms with E-state index in [4.69, 9.17) is 4.74 Å². The van der Waals surface area contributed by atoms with Crippen LogP contribution in [0.3, 0.4) is 0 Å². The first kappa shape index (κ1) is 17.3. The Labute approximate surface area is 137 Å². The number of nitrogens with one attached hydrogen (secondary N) is 3. The van der Waals surface area contributed by atoms with Crippen LogP contribution in [0.4, 0.5) is 0 Å². The Hall–Kier alpha value is -2.08. The second-order valence-electron chi connectivity index (χ2n) is 5.53. The highest BCUT2D eigenvalue weighted by atomic mass is 16.5. The number of carbonyl (C=O) groups is 1. The number of amides is 1. The maximum Gasteiger partial charge on any atom is 0.222 e. The molecule has 0 saturated carbocycles. The molecule has 1 amide bonds. The van der Waals surface area contributed by atoms with Crippen LogP contribution < -0.4 is 16.0 Å². The first-order valence-corrected chi connectivity index (χ1v) is 8.14. The monoisotopic (exact) mass is 318 g/mol. The lowest BCUT2D eigenvalue weighted by Gasteiger charge is -2.15. The largest absolute Gasteiger partial charge is 0.376 e. The SMILES string of the molecule is CN=C(NCCC(=O)NCc1ccccc1)NCC1CCCO1. The molecule has 1 unspecified atom stereocenters. The first-order valence-electron chi connectivity index (χ1n) is 8.14.